The predicted octanol–water partition coefficient (Wildman–Crippen LogP) is 1.75. The average molecular weight is 223 g/mol. The number of nitrogens with zero attached hydrogens (tertiary/aromatic N) is 2. The van der Waals surface area contributed by atoms with Gasteiger partial charge >= 0.3 is 5.97 Å². The van der Waals surface area contributed by atoms with E-state index in [9.17, 15) is 4.79 Å². The van der Waals surface area contributed by atoms with E-state index in [1.807, 2.05) is 0 Å². The van der Waals surface area contributed by atoms with E-state index in [4.69, 9.17) is 27.9 Å². The van der Waals surface area contributed by atoms with Gasteiger partial charge in [0, 0.05) is 0 Å². The number of hydrogen-bond acceptors (Lipinski definition) is 3. The van der Waals surface area contributed by atoms with Crippen LogP contribution >= 0.6 is 23.2 Å². The third-order valence-corrected chi connectivity index (χ3v) is 2.11. The number of imidazole rings is 1. The largest absolute Gasteiger partial charge is 0.465 e. The van der Waals surface area contributed by atoms with Gasteiger partial charge in [-0.05, 0) is 6.92 Å². The van der Waals surface area contributed by atoms with Gasteiger partial charge in [0.25, 0.3) is 0 Å². The first-order valence-electron chi connectivity index (χ1n) is 3.67. The molecule has 0 bridgehead atoms. The number of carbonyl (C=O) groups is 1. The van der Waals surface area contributed by atoms with Crippen LogP contribution in [0.2, 0.25) is 10.3 Å². The number of ether oxygens (including phenoxy) is 1. The molecule has 72 valence electrons. The lowest BCUT2D eigenvalue weighted by Gasteiger charge is -2.02. The molecule has 0 spiro atoms. The molecule has 0 fully saturated rings. The highest BCUT2D eigenvalue weighted by Crippen LogP contribution is 2.19. The van der Waals surface area contributed by atoms with Crippen LogP contribution in [0.3, 0.4) is 0 Å². The van der Waals surface area contributed by atoms with E-state index in [1.165, 1.54) is 10.9 Å². The van der Waals surface area contributed by atoms with Gasteiger partial charge in [-0.25, -0.2) is 4.98 Å². The Morgan fingerprint density at radius 2 is 2.38 bits per heavy atom. The lowest BCUT2D eigenvalue weighted by atomic mass is 10.6. The lowest BCUT2D eigenvalue weighted by Crippen LogP contribution is -2.12. The third kappa shape index (κ3) is 2.60. The molecular formula is C7H8Cl2N2O2. The second-order valence-corrected chi connectivity index (χ2v) is 2.98. The number of esters is 1. The van der Waals surface area contributed by atoms with Gasteiger partial charge in [-0.3, -0.25) is 4.79 Å². The molecule has 0 aromatic carbocycles. The maximum atomic E-state index is 11.0. The molecule has 13 heavy (non-hydrogen) atoms. The summed E-state index contributed by atoms with van der Waals surface area (Å²) in [6, 6.07) is 0. The van der Waals surface area contributed by atoms with Crippen LogP contribution in [-0.2, 0) is 16.1 Å². The first kappa shape index (κ1) is 10.3. The van der Waals surface area contributed by atoms with Crippen molar-refractivity contribution in [2.75, 3.05) is 6.61 Å². The number of rotatable bonds is 3. The average Bonchev–Trinajstić information content (AvgIpc) is 2.37. The Bertz CT molecular complexity index is 311. The molecule has 0 radical (unpaired) electrons. The zero-order valence-corrected chi connectivity index (χ0v) is 8.47. The summed E-state index contributed by atoms with van der Waals surface area (Å²) in [5, 5.41) is 0.431. The summed E-state index contributed by atoms with van der Waals surface area (Å²) < 4.78 is 6.14. The topological polar surface area (TPSA) is 44.1 Å². The molecule has 0 amide bonds. The minimum Gasteiger partial charge on any atom is -0.465 e. The molecule has 0 saturated heterocycles. The van der Waals surface area contributed by atoms with Gasteiger partial charge in [0.05, 0.1) is 12.9 Å². The molecule has 0 atom stereocenters. The fourth-order valence-electron chi connectivity index (χ4n) is 0.799. The molecule has 0 aliphatic rings. The van der Waals surface area contributed by atoms with Gasteiger partial charge < -0.3 is 9.30 Å². The summed E-state index contributed by atoms with van der Waals surface area (Å²) in [5.41, 5.74) is 0. The fourth-order valence-corrected chi connectivity index (χ4v) is 1.10. The van der Waals surface area contributed by atoms with Gasteiger partial charge in [-0.2, -0.15) is 0 Å². The van der Waals surface area contributed by atoms with E-state index < -0.39 is 0 Å². The van der Waals surface area contributed by atoms with Crippen LogP contribution in [0.4, 0.5) is 0 Å². The Morgan fingerprint density at radius 3 is 2.85 bits per heavy atom. The summed E-state index contributed by atoms with van der Waals surface area (Å²) in [6.45, 7) is 2.12. The van der Waals surface area contributed by atoms with E-state index in [1.54, 1.807) is 6.92 Å². The van der Waals surface area contributed by atoms with Gasteiger partial charge in [-0.15, -0.1) is 0 Å². The molecule has 0 unspecified atom stereocenters. The van der Waals surface area contributed by atoms with Gasteiger partial charge in [0.2, 0.25) is 0 Å². The molecule has 0 saturated carbocycles. The summed E-state index contributed by atoms with van der Waals surface area (Å²) in [6.07, 6.45) is 1.39. The molecule has 1 heterocycles. The Labute approximate surface area is 85.4 Å². The van der Waals surface area contributed by atoms with Crippen molar-refractivity contribution < 1.29 is 9.53 Å². The first-order valence-corrected chi connectivity index (χ1v) is 4.42. The van der Waals surface area contributed by atoms with Crippen LogP contribution in [0.1, 0.15) is 6.92 Å². The zero-order valence-electron chi connectivity index (χ0n) is 6.96. The molecule has 0 aliphatic carbocycles. The molecule has 0 aliphatic heterocycles. The summed E-state index contributed by atoms with van der Waals surface area (Å²) in [7, 11) is 0. The Balaban J connectivity index is 2.64. The molecule has 0 N–H and O–H groups in total. The molecule has 1 aromatic rings. The summed E-state index contributed by atoms with van der Waals surface area (Å²) in [5.74, 6) is -0.363. The van der Waals surface area contributed by atoms with E-state index in [0.717, 1.165) is 0 Å². The molecular weight excluding hydrogens is 215 g/mol. The SMILES string of the molecule is CCOC(=O)Cn1cnc(Cl)c1Cl. The standard InChI is InChI=1S/C7H8Cl2N2O2/c1-2-13-5(12)3-11-4-10-6(8)7(11)9/h4H,2-3H2,1H3. The van der Waals surface area contributed by atoms with Crippen molar-refractivity contribution >= 4 is 29.2 Å². The van der Waals surface area contributed by atoms with Crippen molar-refractivity contribution in [2.45, 2.75) is 13.5 Å². The third-order valence-electron chi connectivity index (χ3n) is 1.34. The number of halogens is 2. The quantitative estimate of drug-likeness (QED) is 0.733. The van der Waals surface area contributed by atoms with E-state index in [2.05, 4.69) is 4.98 Å². The van der Waals surface area contributed by atoms with Crippen LogP contribution in [0, 0.1) is 0 Å². The van der Waals surface area contributed by atoms with Crippen molar-refractivity contribution in [1.82, 2.24) is 9.55 Å². The van der Waals surface area contributed by atoms with E-state index in [0.29, 0.717) is 6.61 Å². The Kier molecular flexibility index (Phi) is 3.57. The monoisotopic (exact) mass is 222 g/mol. The number of aromatic nitrogens is 2. The lowest BCUT2D eigenvalue weighted by molar-refractivity contribution is -0.143. The van der Waals surface area contributed by atoms with Crippen molar-refractivity contribution in [3.63, 3.8) is 0 Å². The molecule has 6 heteroatoms. The van der Waals surface area contributed by atoms with Crippen molar-refractivity contribution in [3.05, 3.63) is 16.6 Å². The van der Waals surface area contributed by atoms with Crippen LogP contribution in [0.5, 0.6) is 0 Å². The van der Waals surface area contributed by atoms with Gasteiger partial charge in [0.15, 0.2) is 5.15 Å². The fraction of sp³-hybridized carbons (Fsp3) is 0.429. The second kappa shape index (κ2) is 4.48. The minimum absolute atomic E-state index is 0.0341. The Hall–Kier alpha value is -0.740. The van der Waals surface area contributed by atoms with Crippen LogP contribution < -0.4 is 0 Å². The molecule has 1 aromatic heterocycles. The highest BCUT2D eigenvalue weighted by molar-refractivity contribution is 6.40. The maximum absolute atomic E-state index is 11.0. The van der Waals surface area contributed by atoms with Crippen molar-refractivity contribution in [1.29, 1.82) is 0 Å². The smallest absolute Gasteiger partial charge is 0.326 e. The van der Waals surface area contributed by atoms with E-state index in [-0.39, 0.29) is 22.8 Å². The minimum atomic E-state index is -0.363. The second-order valence-electron chi connectivity index (χ2n) is 2.26. The maximum Gasteiger partial charge on any atom is 0.326 e. The first-order chi connectivity index (χ1) is 6.15. The summed E-state index contributed by atoms with van der Waals surface area (Å²) >= 11 is 11.3. The predicted molar refractivity (Wildman–Crippen MR) is 48.9 cm³/mol. The van der Waals surface area contributed by atoms with Gasteiger partial charge in [-0.1, -0.05) is 23.2 Å². The summed E-state index contributed by atoms with van der Waals surface area (Å²) in [4.78, 5) is 14.7. The van der Waals surface area contributed by atoms with E-state index >= 15 is 0 Å². The Morgan fingerprint density at radius 1 is 1.69 bits per heavy atom. The highest BCUT2D eigenvalue weighted by atomic mass is 35.5. The highest BCUT2D eigenvalue weighted by Gasteiger charge is 2.09. The number of hydrogen-bond donors (Lipinski definition) is 0. The van der Waals surface area contributed by atoms with Crippen LogP contribution in [0.25, 0.3) is 0 Å². The van der Waals surface area contributed by atoms with Crippen molar-refractivity contribution in [2.24, 2.45) is 0 Å². The van der Waals surface area contributed by atoms with Gasteiger partial charge in [0.1, 0.15) is 11.7 Å². The van der Waals surface area contributed by atoms with Crippen molar-refractivity contribution in [3.8, 4) is 0 Å². The molecule has 1 rings (SSSR count). The zero-order chi connectivity index (χ0) is 9.84. The molecule has 4 nitrogen and oxygen atoms in total. The normalized spacial score (nSPS) is 10.1. The van der Waals surface area contributed by atoms with Crippen LogP contribution in [0.15, 0.2) is 6.33 Å². The number of carbonyl (C=O) groups excluding carboxylic acids is 1. The van der Waals surface area contributed by atoms with Crippen LogP contribution in [-0.4, -0.2) is 22.1 Å².